The molecule has 1 unspecified atom stereocenters. The summed E-state index contributed by atoms with van der Waals surface area (Å²) in [4.78, 5) is 11.8. The summed E-state index contributed by atoms with van der Waals surface area (Å²) in [6, 6.07) is 14.1. The minimum Gasteiger partial charge on any atom is -0.368 e. The maximum Gasteiger partial charge on any atom is 0.239 e. The second-order valence-electron chi connectivity index (χ2n) is 5.63. The molecule has 2 aromatic rings. The number of fused-ring (bicyclic) bond motifs is 1. The molecule has 0 bridgehead atoms. The molecule has 0 radical (unpaired) electrons. The lowest BCUT2D eigenvalue weighted by atomic mass is 10.0. The van der Waals surface area contributed by atoms with Crippen molar-refractivity contribution in [1.29, 1.82) is 0 Å². The first-order chi connectivity index (χ1) is 11.2. The number of nitrogens with two attached hydrogens (primary N) is 1. The van der Waals surface area contributed by atoms with E-state index >= 15 is 0 Å². The molecule has 3 N–H and O–H groups in total. The van der Waals surface area contributed by atoms with Crippen LogP contribution >= 0.6 is 0 Å². The molecule has 0 saturated heterocycles. The average Bonchev–Trinajstić information content (AvgIpc) is 2.84. The molecule has 1 aliphatic carbocycles. The fourth-order valence-corrected chi connectivity index (χ4v) is 2.74. The van der Waals surface area contributed by atoms with Gasteiger partial charge in [0.2, 0.25) is 5.91 Å². The van der Waals surface area contributed by atoms with Gasteiger partial charge in [-0.15, -0.1) is 0 Å². The second-order valence-corrected chi connectivity index (χ2v) is 5.63. The topological polar surface area (TPSA) is 55.1 Å². The molecule has 3 nitrogen and oxygen atoms in total. The van der Waals surface area contributed by atoms with E-state index in [1.54, 1.807) is 0 Å². The first-order valence-electron chi connectivity index (χ1n) is 7.78. The first kappa shape index (κ1) is 15.3. The number of carbonyl (C=O) groups excluding carboxylic acids is 1. The highest BCUT2D eigenvalue weighted by Gasteiger charge is 2.18. The molecule has 3 rings (SSSR count). The molecular formula is C20H20N2O. The predicted octanol–water partition coefficient (Wildman–Crippen LogP) is 3.23. The van der Waals surface area contributed by atoms with Crippen molar-refractivity contribution < 1.29 is 4.79 Å². The third-order valence-electron chi connectivity index (χ3n) is 3.95. The van der Waals surface area contributed by atoms with Crippen LogP contribution in [0.15, 0.2) is 78.4 Å². The number of allylic oxidation sites excluding steroid dienone is 4. The fourth-order valence-electron chi connectivity index (χ4n) is 2.74. The van der Waals surface area contributed by atoms with Crippen LogP contribution in [0.5, 0.6) is 0 Å². The van der Waals surface area contributed by atoms with Gasteiger partial charge in [0.15, 0.2) is 0 Å². The molecule has 0 saturated carbocycles. The molecule has 23 heavy (non-hydrogen) atoms. The highest BCUT2D eigenvalue weighted by Crippen LogP contribution is 2.16. The summed E-state index contributed by atoms with van der Waals surface area (Å²) in [5.74, 6) is -0.364. The van der Waals surface area contributed by atoms with Crippen LogP contribution in [-0.4, -0.2) is 11.9 Å². The standard InChI is InChI=1S/C20H20N2O/c21-20(23)19(17-8-3-1-2-4-9-17)22-14-15-11-12-16-7-5-6-10-18(16)13-15/h1,3-13,19,22H,2,14H2,(H2,21,23). The molecule has 0 aromatic heterocycles. The molecule has 116 valence electrons. The highest BCUT2D eigenvalue weighted by atomic mass is 16.1. The quantitative estimate of drug-likeness (QED) is 0.891. The normalized spacial score (nSPS) is 15.2. The molecule has 0 spiro atoms. The van der Waals surface area contributed by atoms with E-state index in [-0.39, 0.29) is 5.91 Å². The van der Waals surface area contributed by atoms with Gasteiger partial charge in [0.25, 0.3) is 0 Å². The van der Waals surface area contributed by atoms with Gasteiger partial charge in [-0.3, -0.25) is 10.1 Å². The van der Waals surface area contributed by atoms with Crippen molar-refractivity contribution >= 4 is 16.7 Å². The first-order valence-corrected chi connectivity index (χ1v) is 7.78. The second kappa shape index (κ2) is 7.07. The van der Waals surface area contributed by atoms with Crippen LogP contribution in [0.4, 0.5) is 0 Å². The number of nitrogens with one attached hydrogen (secondary N) is 1. The molecule has 2 aromatic carbocycles. The Hall–Kier alpha value is -2.65. The Kier molecular flexibility index (Phi) is 4.69. The maximum atomic E-state index is 11.8. The van der Waals surface area contributed by atoms with Crippen molar-refractivity contribution in [2.24, 2.45) is 5.73 Å². The lowest BCUT2D eigenvalue weighted by Gasteiger charge is -2.17. The van der Waals surface area contributed by atoms with E-state index in [4.69, 9.17) is 5.73 Å². The van der Waals surface area contributed by atoms with Crippen molar-refractivity contribution in [2.75, 3.05) is 0 Å². The zero-order valence-corrected chi connectivity index (χ0v) is 12.9. The van der Waals surface area contributed by atoms with Gasteiger partial charge >= 0.3 is 0 Å². The number of hydrogen-bond donors (Lipinski definition) is 2. The van der Waals surface area contributed by atoms with Gasteiger partial charge in [-0.1, -0.05) is 66.8 Å². The maximum absolute atomic E-state index is 11.8. The van der Waals surface area contributed by atoms with Crippen molar-refractivity contribution in [3.63, 3.8) is 0 Å². The van der Waals surface area contributed by atoms with E-state index in [1.807, 2.05) is 42.5 Å². The number of rotatable bonds is 5. The molecule has 0 heterocycles. The number of hydrogen-bond acceptors (Lipinski definition) is 2. The van der Waals surface area contributed by atoms with Gasteiger partial charge in [0.05, 0.1) is 0 Å². The largest absolute Gasteiger partial charge is 0.368 e. The summed E-state index contributed by atoms with van der Waals surface area (Å²) in [7, 11) is 0. The van der Waals surface area contributed by atoms with E-state index in [2.05, 4.69) is 35.6 Å². The summed E-state index contributed by atoms with van der Waals surface area (Å²) >= 11 is 0. The molecule has 1 atom stereocenters. The Bertz CT molecular complexity index is 802. The Morgan fingerprint density at radius 1 is 1.13 bits per heavy atom. The SMILES string of the molecule is NC(=O)C(NCc1ccc2ccccc2c1)C1=CC=CCC=C1. The van der Waals surface area contributed by atoms with E-state index in [1.165, 1.54) is 10.8 Å². The van der Waals surface area contributed by atoms with Crippen LogP contribution in [0.25, 0.3) is 10.8 Å². The Labute approximate surface area is 136 Å². The van der Waals surface area contributed by atoms with Crippen molar-refractivity contribution in [1.82, 2.24) is 5.32 Å². The number of primary amides is 1. The van der Waals surface area contributed by atoms with E-state index in [9.17, 15) is 4.79 Å². The summed E-state index contributed by atoms with van der Waals surface area (Å²) in [5.41, 5.74) is 7.60. The predicted molar refractivity (Wildman–Crippen MR) is 94.8 cm³/mol. The Balaban J connectivity index is 1.76. The van der Waals surface area contributed by atoms with Crippen LogP contribution in [0.2, 0.25) is 0 Å². The minimum absolute atomic E-state index is 0.364. The molecular weight excluding hydrogens is 284 g/mol. The van der Waals surface area contributed by atoms with Gasteiger partial charge in [0.1, 0.15) is 6.04 Å². The van der Waals surface area contributed by atoms with Crippen molar-refractivity contribution in [3.05, 3.63) is 84.0 Å². The van der Waals surface area contributed by atoms with E-state index < -0.39 is 6.04 Å². The smallest absolute Gasteiger partial charge is 0.239 e. The highest BCUT2D eigenvalue weighted by molar-refractivity contribution is 5.84. The van der Waals surface area contributed by atoms with Crippen molar-refractivity contribution in [3.8, 4) is 0 Å². The van der Waals surface area contributed by atoms with Gasteiger partial charge in [-0.05, 0) is 34.4 Å². The van der Waals surface area contributed by atoms with Gasteiger partial charge in [0, 0.05) is 6.54 Å². The van der Waals surface area contributed by atoms with E-state index in [0.717, 1.165) is 17.6 Å². The van der Waals surface area contributed by atoms with Crippen molar-refractivity contribution in [2.45, 2.75) is 19.0 Å². The van der Waals surface area contributed by atoms with Crippen LogP contribution in [0, 0.1) is 0 Å². The molecule has 3 heteroatoms. The number of carbonyl (C=O) groups is 1. The zero-order valence-electron chi connectivity index (χ0n) is 12.9. The molecule has 0 aliphatic heterocycles. The fraction of sp³-hybridized carbons (Fsp3) is 0.150. The van der Waals surface area contributed by atoms with Crippen LogP contribution < -0.4 is 11.1 Å². The lowest BCUT2D eigenvalue weighted by molar-refractivity contribution is -0.119. The average molecular weight is 304 g/mol. The van der Waals surface area contributed by atoms with E-state index in [0.29, 0.717) is 6.54 Å². The zero-order chi connectivity index (χ0) is 16.1. The van der Waals surface area contributed by atoms with Crippen LogP contribution in [0.3, 0.4) is 0 Å². The van der Waals surface area contributed by atoms with Gasteiger partial charge in [-0.25, -0.2) is 0 Å². The third-order valence-corrected chi connectivity index (χ3v) is 3.95. The summed E-state index contributed by atoms with van der Waals surface area (Å²) in [6.07, 6.45) is 10.8. The monoisotopic (exact) mass is 304 g/mol. The van der Waals surface area contributed by atoms with Crippen LogP contribution in [-0.2, 0) is 11.3 Å². The molecule has 1 aliphatic rings. The third kappa shape index (κ3) is 3.76. The number of amides is 1. The summed E-state index contributed by atoms with van der Waals surface area (Å²) < 4.78 is 0. The minimum atomic E-state index is -0.486. The Morgan fingerprint density at radius 3 is 2.78 bits per heavy atom. The van der Waals surface area contributed by atoms with Gasteiger partial charge in [-0.2, -0.15) is 0 Å². The molecule has 0 fully saturated rings. The summed E-state index contributed by atoms with van der Waals surface area (Å²) in [6.45, 7) is 0.591. The molecule has 1 amide bonds. The summed E-state index contributed by atoms with van der Waals surface area (Å²) in [5, 5.41) is 5.67. The van der Waals surface area contributed by atoms with Gasteiger partial charge < -0.3 is 5.73 Å². The van der Waals surface area contributed by atoms with Crippen LogP contribution in [0.1, 0.15) is 12.0 Å². The number of benzene rings is 2. The lowest BCUT2D eigenvalue weighted by Crippen LogP contribution is -2.42. The Morgan fingerprint density at radius 2 is 1.96 bits per heavy atom.